The largest absolute Gasteiger partial charge is 0.454 e. The summed E-state index contributed by atoms with van der Waals surface area (Å²) in [6, 6.07) is 66.0. The number of para-hydroxylation sites is 4. The lowest BCUT2D eigenvalue weighted by molar-refractivity contribution is 0.669. The van der Waals surface area contributed by atoms with E-state index in [9.17, 15) is 0 Å². The van der Waals surface area contributed by atoms with Crippen molar-refractivity contribution in [3.63, 3.8) is 0 Å². The molecule has 0 aliphatic heterocycles. The van der Waals surface area contributed by atoms with Crippen LogP contribution >= 0.6 is 0 Å². The van der Waals surface area contributed by atoms with E-state index in [0.29, 0.717) is 0 Å². The molecule has 4 aromatic heterocycles. The number of nitrogens with zero attached hydrogens (tertiary/aromatic N) is 3. The number of furan rings is 1. The molecular formula is C50H31N3O. The molecule has 0 bridgehead atoms. The highest BCUT2D eigenvalue weighted by atomic mass is 16.3. The Labute approximate surface area is 311 Å². The van der Waals surface area contributed by atoms with Crippen LogP contribution in [0.15, 0.2) is 192 Å². The van der Waals surface area contributed by atoms with Gasteiger partial charge in [0.25, 0.3) is 0 Å². The van der Waals surface area contributed by atoms with Crippen LogP contribution in [0.4, 0.5) is 0 Å². The molecule has 11 aromatic rings. The van der Waals surface area contributed by atoms with Crippen molar-refractivity contribution in [2.75, 3.05) is 0 Å². The van der Waals surface area contributed by atoms with Gasteiger partial charge in [0.15, 0.2) is 5.58 Å². The monoisotopic (exact) mass is 689 g/mol. The molecule has 0 spiro atoms. The minimum atomic E-state index is 0.810. The molecule has 0 aliphatic rings. The highest BCUT2D eigenvalue weighted by molar-refractivity contribution is 6.20. The molecule has 0 N–H and O–H groups in total. The second-order valence-corrected chi connectivity index (χ2v) is 13.8. The quantitative estimate of drug-likeness (QED) is 0.181. The fraction of sp³-hybridized carbons (Fsp3) is 0. The van der Waals surface area contributed by atoms with E-state index < -0.39 is 0 Å². The normalized spacial score (nSPS) is 11.7. The average Bonchev–Trinajstić information content (AvgIpc) is 3.81. The van der Waals surface area contributed by atoms with Crippen molar-refractivity contribution in [3.05, 3.63) is 188 Å². The molecule has 54 heavy (non-hydrogen) atoms. The zero-order chi connectivity index (χ0) is 35.6. The Morgan fingerprint density at radius 1 is 0.389 bits per heavy atom. The summed E-state index contributed by atoms with van der Waals surface area (Å²) in [5, 5.41) is 5.81. The van der Waals surface area contributed by atoms with Crippen molar-refractivity contribution in [1.82, 2.24) is 14.5 Å². The van der Waals surface area contributed by atoms with Crippen molar-refractivity contribution in [1.29, 1.82) is 0 Å². The van der Waals surface area contributed by atoms with Gasteiger partial charge < -0.3 is 8.98 Å². The third kappa shape index (κ3) is 4.85. The molecule has 4 nitrogen and oxygen atoms in total. The van der Waals surface area contributed by atoms with E-state index in [0.717, 1.165) is 83.4 Å². The number of benzene rings is 7. The molecule has 11 rings (SSSR count). The van der Waals surface area contributed by atoms with Gasteiger partial charge in [-0.25, -0.2) is 9.97 Å². The molecule has 4 heteroatoms. The molecule has 0 atom stereocenters. The van der Waals surface area contributed by atoms with E-state index in [1.165, 1.54) is 21.8 Å². The number of hydrogen-bond acceptors (Lipinski definition) is 3. The van der Waals surface area contributed by atoms with Crippen LogP contribution in [-0.2, 0) is 0 Å². The maximum atomic E-state index is 6.49. The molecule has 0 aliphatic carbocycles. The first kappa shape index (κ1) is 30.3. The zero-order valence-electron chi connectivity index (χ0n) is 29.1. The third-order valence-corrected chi connectivity index (χ3v) is 10.6. The average molecular weight is 690 g/mol. The predicted octanol–water partition coefficient (Wildman–Crippen LogP) is 13.3. The fourth-order valence-corrected chi connectivity index (χ4v) is 8.03. The highest BCUT2D eigenvalue weighted by Gasteiger charge is 2.18. The van der Waals surface area contributed by atoms with Gasteiger partial charge in [-0.1, -0.05) is 140 Å². The Morgan fingerprint density at radius 3 is 1.63 bits per heavy atom. The minimum Gasteiger partial charge on any atom is -0.454 e. The third-order valence-electron chi connectivity index (χ3n) is 10.6. The van der Waals surface area contributed by atoms with Crippen LogP contribution in [0.3, 0.4) is 0 Å². The second kappa shape index (κ2) is 12.1. The number of rotatable bonds is 5. The van der Waals surface area contributed by atoms with Gasteiger partial charge in [-0.05, 0) is 59.7 Å². The molecule has 0 saturated carbocycles. The lowest BCUT2D eigenvalue weighted by Gasteiger charge is -2.12. The van der Waals surface area contributed by atoms with Crippen molar-refractivity contribution in [3.8, 4) is 50.6 Å². The first-order valence-electron chi connectivity index (χ1n) is 18.2. The molecular weight excluding hydrogens is 659 g/mol. The van der Waals surface area contributed by atoms with Gasteiger partial charge in [-0.15, -0.1) is 0 Å². The van der Waals surface area contributed by atoms with Crippen LogP contribution in [-0.4, -0.2) is 14.5 Å². The number of hydrogen-bond donors (Lipinski definition) is 0. The summed E-state index contributed by atoms with van der Waals surface area (Å²) in [5.74, 6) is 0. The van der Waals surface area contributed by atoms with E-state index >= 15 is 0 Å². The zero-order valence-corrected chi connectivity index (χ0v) is 29.1. The standard InChI is InChI=1S/C50H31N3O/c1-2-12-33(13-3-1)43-30-36(31-44(51-43)34-26-28-37(29-27-34)53-45-19-9-5-14-38(45)39-15-6-10-20-46(39)53)32-22-24-35(25-23-32)49-50-48(40-16-4-8-18-42(40)52-49)41-17-7-11-21-47(41)54-50/h1-31H. The van der Waals surface area contributed by atoms with Crippen LogP contribution in [0.1, 0.15) is 0 Å². The van der Waals surface area contributed by atoms with Crippen molar-refractivity contribution < 1.29 is 4.42 Å². The van der Waals surface area contributed by atoms with Gasteiger partial charge in [0.05, 0.1) is 27.9 Å². The van der Waals surface area contributed by atoms with Crippen LogP contribution in [0.2, 0.25) is 0 Å². The molecule has 4 heterocycles. The fourth-order valence-electron chi connectivity index (χ4n) is 8.03. The van der Waals surface area contributed by atoms with Gasteiger partial charge in [0.1, 0.15) is 11.3 Å². The molecule has 0 saturated heterocycles. The van der Waals surface area contributed by atoms with E-state index in [1.807, 2.05) is 24.3 Å². The number of fused-ring (bicyclic) bond motifs is 8. The first-order valence-corrected chi connectivity index (χ1v) is 18.2. The first-order chi connectivity index (χ1) is 26.8. The SMILES string of the molecule is c1ccc(-c2cc(-c3ccc(-c4nc5ccccc5c5c4oc4ccccc45)cc3)cc(-c3ccc(-n4c5ccccc5c5ccccc54)cc3)n2)cc1. The Morgan fingerprint density at radius 2 is 0.926 bits per heavy atom. The Balaban J connectivity index is 1.02. The van der Waals surface area contributed by atoms with E-state index in [-0.39, 0.29) is 0 Å². The molecule has 0 unspecified atom stereocenters. The maximum Gasteiger partial charge on any atom is 0.162 e. The van der Waals surface area contributed by atoms with Gasteiger partial charge >= 0.3 is 0 Å². The van der Waals surface area contributed by atoms with Gasteiger partial charge in [-0.3, -0.25) is 0 Å². The summed E-state index contributed by atoms with van der Waals surface area (Å²) in [7, 11) is 0. The lowest BCUT2D eigenvalue weighted by atomic mass is 9.98. The van der Waals surface area contributed by atoms with Crippen LogP contribution in [0.5, 0.6) is 0 Å². The molecule has 0 amide bonds. The Kier molecular flexibility index (Phi) is 6.82. The van der Waals surface area contributed by atoms with E-state index in [1.54, 1.807) is 0 Å². The van der Waals surface area contributed by atoms with Gasteiger partial charge in [-0.2, -0.15) is 0 Å². The number of aromatic nitrogens is 3. The summed E-state index contributed by atoms with van der Waals surface area (Å²) in [4.78, 5) is 10.3. The summed E-state index contributed by atoms with van der Waals surface area (Å²) in [6.07, 6.45) is 0. The van der Waals surface area contributed by atoms with Crippen molar-refractivity contribution >= 4 is 54.6 Å². The van der Waals surface area contributed by atoms with Crippen molar-refractivity contribution in [2.45, 2.75) is 0 Å². The highest BCUT2D eigenvalue weighted by Crippen LogP contribution is 2.40. The topological polar surface area (TPSA) is 43.9 Å². The van der Waals surface area contributed by atoms with E-state index in [2.05, 4.69) is 168 Å². The maximum absolute atomic E-state index is 6.49. The summed E-state index contributed by atoms with van der Waals surface area (Å²) in [5.41, 5.74) is 14.2. The predicted molar refractivity (Wildman–Crippen MR) is 223 cm³/mol. The minimum absolute atomic E-state index is 0.810. The summed E-state index contributed by atoms with van der Waals surface area (Å²) < 4.78 is 8.84. The summed E-state index contributed by atoms with van der Waals surface area (Å²) in [6.45, 7) is 0. The van der Waals surface area contributed by atoms with Gasteiger partial charge in [0.2, 0.25) is 0 Å². The molecule has 252 valence electrons. The number of pyridine rings is 2. The van der Waals surface area contributed by atoms with Gasteiger partial charge in [0, 0.05) is 49.3 Å². The van der Waals surface area contributed by atoms with E-state index in [4.69, 9.17) is 14.4 Å². The molecule has 0 fully saturated rings. The second-order valence-electron chi connectivity index (χ2n) is 13.8. The molecule has 0 radical (unpaired) electrons. The Bertz CT molecular complexity index is 3140. The smallest absolute Gasteiger partial charge is 0.162 e. The van der Waals surface area contributed by atoms with Crippen LogP contribution in [0, 0.1) is 0 Å². The summed E-state index contributed by atoms with van der Waals surface area (Å²) >= 11 is 0. The lowest BCUT2D eigenvalue weighted by Crippen LogP contribution is -1.95. The molecule has 7 aromatic carbocycles. The van der Waals surface area contributed by atoms with Crippen LogP contribution < -0.4 is 0 Å². The van der Waals surface area contributed by atoms with Crippen LogP contribution in [0.25, 0.3) is 105 Å². The van der Waals surface area contributed by atoms with Crippen molar-refractivity contribution in [2.24, 2.45) is 0 Å². The Hall–Kier alpha value is -7.30.